The van der Waals surface area contributed by atoms with Crippen molar-refractivity contribution < 1.29 is 19.2 Å². The number of nitrogens with zero attached hydrogens (tertiary/aromatic N) is 2. The number of likely N-dealkylation sites (tertiary alicyclic amines) is 1. The Morgan fingerprint density at radius 1 is 1.17 bits per heavy atom. The molecule has 9 nitrogen and oxygen atoms in total. The molecule has 1 saturated heterocycles. The van der Waals surface area contributed by atoms with Gasteiger partial charge in [0.2, 0.25) is 5.78 Å². The van der Waals surface area contributed by atoms with Crippen LogP contribution in [-0.2, 0) is 14.1 Å². The first-order chi connectivity index (χ1) is 13.9. The number of hydrogen-bond donors (Lipinski definition) is 2. The average molecular weight is 401 g/mol. The van der Waals surface area contributed by atoms with Crippen LogP contribution < -0.4 is 31.4 Å². The van der Waals surface area contributed by atoms with E-state index in [-0.39, 0.29) is 29.8 Å². The summed E-state index contributed by atoms with van der Waals surface area (Å²) in [5.41, 5.74) is 5.71. The van der Waals surface area contributed by atoms with Crippen molar-refractivity contribution in [3.8, 4) is 11.5 Å². The standard InChI is InChI=1S/C20H24N4O5/c1-22-18(21)17(19(26)23(2)20(22)27)14(25)11-24-7-3-4-13(24)12-5-6-15-16(10-12)29-9-8-28-15/h5-6,10,13H,3-4,7-9,11,21H2,1-2H3/p+1/t13-/m0/s1. The van der Waals surface area contributed by atoms with E-state index in [1.807, 2.05) is 18.2 Å². The van der Waals surface area contributed by atoms with Crippen LogP contribution in [0.5, 0.6) is 11.5 Å². The summed E-state index contributed by atoms with van der Waals surface area (Å²) in [5, 5.41) is 0. The van der Waals surface area contributed by atoms with Crippen LogP contribution in [0.4, 0.5) is 5.82 Å². The van der Waals surface area contributed by atoms with E-state index < -0.39 is 11.2 Å². The monoisotopic (exact) mass is 401 g/mol. The van der Waals surface area contributed by atoms with E-state index in [0.29, 0.717) is 13.2 Å². The quantitative estimate of drug-likeness (QED) is 0.639. The fourth-order valence-electron chi connectivity index (χ4n) is 4.22. The molecule has 1 unspecified atom stereocenters. The van der Waals surface area contributed by atoms with E-state index in [2.05, 4.69) is 0 Å². The Kier molecular flexibility index (Phi) is 4.91. The lowest BCUT2D eigenvalue weighted by molar-refractivity contribution is -0.910. The molecule has 2 aliphatic heterocycles. The molecule has 0 radical (unpaired) electrons. The van der Waals surface area contributed by atoms with Crippen molar-refractivity contribution in [2.24, 2.45) is 14.1 Å². The van der Waals surface area contributed by atoms with Gasteiger partial charge in [-0.25, -0.2) is 4.79 Å². The molecule has 0 saturated carbocycles. The number of nitrogens with two attached hydrogens (primary N) is 1. The van der Waals surface area contributed by atoms with Gasteiger partial charge in [-0.3, -0.25) is 18.7 Å². The molecule has 0 bridgehead atoms. The van der Waals surface area contributed by atoms with Gasteiger partial charge in [0, 0.05) is 32.5 Å². The van der Waals surface area contributed by atoms with E-state index in [1.54, 1.807) is 0 Å². The third-order valence-electron chi connectivity index (χ3n) is 5.83. The topological polar surface area (TPSA) is 110 Å². The predicted octanol–water partition coefficient (Wildman–Crippen LogP) is -0.960. The number of ketones is 1. The lowest BCUT2D eigenvalue weighted by atomic mass is 10.0. The zero-order valence-corrected chi connectivity index (χ0v) is 16.6. The number of quaternary nitrogens is 1. The first kappa shape index (κ1) is 19.3. The van der Waals surface area contributed by atoms with Crippen LogP contribution in [-0.4, -0.2) is 41.2 Å². The predicted molar refractivity (Wildman–Crippen MR) is 106 cm³/mol. The van der Waals surface area contributed by atoms with Gasteiger partial charge in [-0.15, -0.1) is 0 Å². The molecule has 3 N–H and O–H groups in total. The van der Waals surface area contributed by atoms with Crippen molar-refractivity contribution in [1.82, 2.24) is 9.13 Å². The van der Waals surface area contributed by atoms with Crippen molar-refractivity contribution in [1.29, 1.82) is 0 Å². The molecular formula is C20H25N4O5+. The van der Waals surface area contributed by atoms with Gasteiger partial charge in [-0.1, -0.05) is 0 Å². The second-order valence-corrected chi connectivity index (χ2v) is 7.57. The summed E-state index contributed by atoms with van der Waals surface area (Å²) in [6, 6.07) is 6.01. The Morgan fingerprint density at radius 2 is 1.90 bits per heavy atom. The van der Waals surface area contributed by atoms with E-state index in [4.69, 9.17) is 15.2 Å². The summed E-state index contributed by atoms with van der Waals surface area (Å²) < 4.78 is 13.3. The minimum Gasteiger partial charge on any atom is -0.486 e. The number of hydrogen-bond acceptors (Lipinski definition) is 6. The molecule has 9 heteroatoms. The van der Waals surface area contributed by atoms with Gasteiger partial charge in [-0.05, 0) is 18.2 Å². The molecule has 4 rings (SSSR count). The maximum atomic E-state index is 13.0. The number of anilines is 1. The van der Waals surface area contributed by atoms with E-state index in [9.17, 15) is 14.4 Å². The van der Waals surface area contributed by atoms with Gasteiger partial charge in [0.25, 0.3) is 5.56 Å². The fraction of sp³-hybridized carbons (Fsp3) is 0.450. The van der Waals surface area contributed by atoms with Gasteiger partial charge in [0.1, 0.15) is 37.2 Å². The average Bonchev–Trinajstić information content (AvgIpc) is 3.18. The van der Waals surface area contributed by atoms with Gasteiger partial charge in [0.05, 0.1) is 6.54 Å². The highest BCUT2D eigenvalue weighted by Crippen LogP contribution is 2.33. The highest BCUT2D eigenvalue weighted by Gasteiger charge is 2.34. The highest BCUT2D eigenvalue weighted by atomic mass is 16.6. The van der Waals surface area contributed by atoms with E-state index in [1.165, 1.54) is 14.1 Å². The summed E-state index contributed by atoms with van der Waals surface area (Å²) in [5.74, 6) is 1.02. The Morgan fingerprint density at radius 3 is 2.66 bits per heavy atom. The van der Waals surface area contributed by atoms with Crippen molar-refractivity contribution in [3.63, 3.8) is 0 Å². The Balaban J connectivity index is 1.61. The van der Waals surface area contributed by atoms with Gasteiger partial charge in [0.15, 0.2) is 11.5 Å². The third-order valence-corrected chi connectivity index (χ3v) is 5.83. The summed E-state index contributed by atoms with van der Waals surface area (Å²) in [6.07, 6.45) is 1.91. The summed E-state index contributed by atoms with van der Waals surface area (Å²) in [7, 11) is 2.80. The van der Waals surface area contributed by atoms with Crippen molar-refractivity contribution in [3.05, 3.63) is 50.2 Å². The van der Waals surface area contributed by atoms with Crippen LogP contribution in [0.25, 0.3) is 0 Å². The second-order valence-electron chi connectivity index (χ2n) is 7.57. The molecule has 2 atom stereocenters. The molecule has 1 fully saturated rings. The van der Waals surface area contributed by atoms with Crippen LogP contribution in [0, 0.1) is 0 Å². The van der Waals surface area contributed by atoms with Crippen LogP contribution in [0.3, 0.4) is 0 Å². The number of nitrogen functional groups attached to an aromatic ring is 1. The first-order valence-corrected chi connectivity index (χ1v) is 9.71. The number of carbonyl (C=O) groups excluding carboxylic acids is 1. The molecule has 2 aromatic rings. The molecule has 0 amide bonds. The smallest absolute Gasteiger partial charge is 0.332 e. The number of fused-ring (bicyclic) bond motifs is 1. The molecule has 29 heavy (non-hydrogen) atoms. The number of rotatable bonds is 4. The highest BCUT2D eigenvalue weighted by molar-refractivity contribution is 6.00. The normalized spacial score (nSPS) is 20.6. The van der Waals surface area contributed by atoms with E-state index in [0.717, 1.165) is 50.5 Å². The minimum atomic E-state index is -0.648. The summed E-state index contributed by atoms with van der Waals surface area (Å²) in [6.45, 7) is 2.01. The maximum absolute atomic E-state index is 13.0. The largest absolute Gasteiger partial charge is 0.486 e. The molecule has 1 aromatic heterocycles. The Bertz CT molecular complexity index is 1090. The maximum Gasteiger partial charge on any atom is 0.332 e. The van der Waals surface area contributed by atoms with E-state index >= 15 is 0 Å². The van der Waals surface area contributed by atoms with Gasteiger partial charge in [-0.2, -0.15) is 0 Å². The number of ether oxygens (including phenoxy) is 2. The van der Waals surface area contributed by atoms with Crippen LogP contribution in [0.1, 0.15) is 34.8 Å². The van der Waals surface area contributed by atoms with Crippen molar-refractivity contribution in [2.75, 3.05) is 32.0 Å². The van der Waals surface area contributed by atoms with Crippen LogP contribution in [0.2, 0.25) is 0 Å². The number of nitrogens with one attached hydrogen (secondary N) is 1. The molecular weight excluding hydrogens is 376 g/mol. The number of aromatic nitrogens is 2. The molecule has 2 aliphatic rings. The number of carbonyl (C=O) groups is 1. The van der Waals surface area contributed by atoms with Gasteiger partial charge < -0.3 is 20.1 Å². The zero-order chi connectivity index (χ0) is 20.7. The Hall–Kier alpha value is -3.07. The van der Waals surface area contributed by atoms with Crippen LogP contribution in [0.15, 0.2) is 27.8 Å². The molecule has 3 heterocycles. The van der Waals surface area contributed by atoms with Crippen LogP contribution >= 0.6 is 0 Å². The fourth-order valence-corrected chi connectivity index (χ4v) is 4.22. The summed E-state index contributed by atoms with van der Waals surface area (Å²) in [4.78, 5) is 38.6. The molecule has 154 valence electrons. The van der Waals surface area contributed by atoms with Crippen molar-refractivity contribution in [2.45, 2.75) is 18.9 Å². The lowest BCUT2D eigenvalue weighted by Crippen LogP contribution is -3.11. The molecule has 1 aromatic carbocycles. The molecule has 0 spiro atoms. The number of Topliss-reactive ketones (excluding diaryl/α,β-unsaturated/α-hetero) is 1. The second kappa shape index (κ2) is 7.40. The lowest BCUT2D eigenvalue weighted by Gasteiger charge is -2.24. The first-order valence-electron chi connectivity index (χ1n) is 9.71. The van der Waals surface area contributed by atoms with Crippen molar-refractivity contribution >= 4 is 11.6 Å². The summed E-state index contributed by atoms with van der Waals surface area (Å²) >= 11 is 0. The number of benzene rings is 1. The van der Waals surface area contributed by atoms with Gasteiger partial charge >= 0.3 is 5.69 Å². The SMILES string of the molecule is Cn1c(N)c(C(=O)C[NH+]2CCC[C@H]2c2ccc3c(c2)OCCO3)c(=O)n(C)c1=O. The minimum absolute atomic E-state index is 0.0856. The Labute approximate surface area is 167 Å². The molecule has 0 aliphatic carbocycles. The zero-order valence-electron chi connectivity index (χ0n) is 16.6. The third kappa shape index (κ3) is 3.31.